The topological polar surface area (TPSA) is 37.8 Å². The molecule has 3 nitrogen and oxygen atoms in total. The quantitative estimate of drug-likeness (QED) is 0.863. The van der Waals surface area contributed by atoms with Gasteiger partial charge in [-0.15, -0.1) is 0 Å². The second-order valence-electron chi connectivity index (χ2n) is 4.41. The van der Waals surface area contributed by atoms with Crippen molar-refractivity contribution in [3.8, 4) is 11.3 Å². The zero-order valence-corrected chi connectivity index (χ0v) is 11.2. The van der Waals surface area contributed by atoms with Crippen molar-refractivity contribution in [2.45, 2.75) is 19.5 Å². The highest BCUT2D eigenvalue weighted by Gasteiger charge is 2.31. The Kier molecular flexibility index (Phi) is 4.40. The van der Waals surface area contributed by atoms with Gasteiger partial charge in [0.2, 0.25) is 0 Å². The van der Waals surface area contributed by atoms with Crippen molar-refractivity contribution in [1.82, 2.24) is 9.97 Å². The van der Waals surface area contributed by atoms with Crippen molar-refractivity contribution < 1.29 is 17.6 Å². The maximum atomic E-state index is 13.5. The summed E-state index contributed by atoms with van der Waals surface area (Å²) in [5.41, 5.74) is -0.824. The van der Waals surface area contributed by atoms with E-state index in [1.807, 2.05) is 6.92 Å². The van der Waals surface area contributed by atoms with Gasteiger partial charge in [-0.3, -0.25) is 4.98 Å². The van der Waals surface area contributed by atoms with Crippen LogP contribution in [0.3, 0.4) is 0 Å². The van der Waals surface area contributed by atoms with Crippen LogP contribution >= 0.6 is 0 Å². The molecule has 0 aliphatic rings. The molecule has 0 saturated carbocycles. The zero-order valence-electron chi connectivity index (χ0n) is 11.2. The number of alkyl halides is 3. The van der Waals surface area contributed by atoms with Crippen LogP contribution in [-0.2, 0) is 6.18 Å². The highest BCUT2D eigenvalue weighted by Crippen LogP contribution is 2.34. The van der Waals surface area contributed by atoms with Gasteiger partial charge in [0.15, 0.2) is 5.82 Å². The number of hydrogen-bond acceptors (Lipinski definition) is 3. The van der Waals surface area contributed by atoms with Crippen LogP contribution < -0.4 is 5.32 Å². The predicted molar refractivity (Wildman–Crippen MR) is 71.2 cm³/mol. The largest absolute Gasteiger partial charge is 0.416 e. The lowest BCUT2D eigenvalue weighted by Gasteiger charge is -2.12. The molecular formula is C14H13F4N3. The first-order valence-electron chi connectivity index (χ1n) is 6.35. The molecule has 0 fully saturated rings. The van der Waals surface area contributed by atoms with Crippen molar-refractivity contribution in [1.29, 1.82) is 0 Å². The molecule has 0 aliphatic heterocycles. The van der Waals surface area contributed by atoms with Gasteiger partial charge in [-0.25, -0.2) is 9.37 Å². The lowest BCUT2D eigenvalue weighted by molar-refractivity contribution is -0.137. The van der Waals surface area contributed by atoms with E-state index in [-0.39, 0.29) is 11.3 Å². The normalized spacial score (nSPS) is 11.5. The van der Waals surface area contributed by atoms with Crippen LogP contribution in [0.4, 0.5) is 23.4 Å². The van der Waals surface area contributed by atoms with Gasteiger partial charge in [-0.2, -0.15) is 13.2 Å². The molecule has 112 valence electrons. The Morgan fingerprint density at radius 2 is 1.81 bits per heavy atom. The van der Waals surface area contributed by atoms with Crippen LogP contribution in [0, 0.1) is 5.82 Å². The molecule has 0 amide bonds. The van der Waals surface area contributed by atoms with Gasteiger partial charge in [0, 0.05) is 24.5 Å². The van der Waals surface area contributed by atoms with E-state index < -0.39 is 17.6 Å². The summed E-state index contributed by atoms with van der Waals surface area (Å²) >= 11 is 0. The molecule has 0 unspecified atom stereocenters. The number of anilines is 1. The van der Waals surface area contributed by atoms with Gasteiger partial charge in [-0.1, -0.05) is 6.92 Å². The monoisotopic (exact) mass is 299 g/mol. The van der Waals surface area contributed by atoms with Crippen molar-refractivity contribution in [2.24, 2.45) is 0 Å². The van der Waals surface area contributed by atoms with Crippen LogP contribution in [0.1, 0.15) is 18.9 Å². The van der Waals surface area contributed by atoms with Gasteiger partial charge in [0.05, 0.1) is 5.56 Å². The molecular weight excluding hydrogens is 286 g/mol. The minimum Gasteiger partial charge on any atom is -0.368 e. The Morgan fingerprint density at radius 3 is 2.48 bits per heavy atom. The summed E-state index contributed by atoms with van der Waals surface area (Å²) in [7, 11) is 0. The fourth-order valence-corrected chi connectivity index (χ4v) is 1.81. The highest BCUT2D eigenvalue weighted by molar-refractivity contribution is 5.71. The summed E-state index contributed by atoms with van der Waals surface area (Å²) in [6, 6.07) is 2.33. The number of rotatable bonds is 4. The van der Waals surface area contributed by atoms with Crippen LogP contribution in [0.15, 0.2) is 30.6 Å². The third kappa shape index (κ3) is 3.68. The Morgan fingerprint density at radius 1 is 1.10 bits per heavy atom. The summed E-state index contributed by atoms with van der Waals surface area (Å²) in [6.45, 7) is 2.53. The van der Waals surface area contributed by atoms with Crippen molar-refractivity contribution in [3.05, 3.63) is 42.0 Å². The van der Waals surface area contributed by atoms with Crippen LogP contribution in [0.5, 0.6) is 0 Å². The second-order valence-corrected chi connectivity index (χ2v) is 4.41. The van der Waals surface area contributed by atoms with Crippen LogP contribution in [0.2, 0.25) is 0 Å². The molecule has 1 heterocycles. The van der Waals surface area contributed by atoms with E-state index in [0.717, 1.165) is 18.6 Å². The smallest absolute Gasteiger partial charge is 0.368 e. The van der Waals surface area contributed by atoms with Gasteiger partial charge in [0.1, 0.15) is 11.5 Å². The molecule has 0 radical (unpaired) electrons. The van der Waals surface area contributed by atoms with E-state index in [9.17, 15) is 17.6 Å². The number of benzene rings is 1. The highest BCUT2D eigenvalue weighted by atomic mass is 19.4. The maximum absolute atomic E-state index is 13.5. The zero-order chi connectivity index (χ0) is 15.5. The average molecular weight is 299 g/mol. The number of aromatic nitrogens is 2. The van der Waals surface area contributed by atoms with E-state index in [4.69, 9.17) is 0 Å². The van der Waals surface area contributed by atoms with Gasteiger partial charge < -0.3 is 5.32 Å². The summed E-state index contributed by atoms with van der Waals surface area (Å²) < 4.78 is 51.7. The van der Waals surface area contributed by atoms with E-state index in [1.54, 1.807) is 0 Å². The molecule has 2 aromatic rings. The molecule has 2 rings (SSSR count). The summed E-state index contributed by atoms with van der Waals surface area (Å²) in [5.74, 6) is -0.634. The first-order chi connectivity index (χ1) is 9.91. The molecule has 7 heteroatoms. The molecule has 0 atom stereocenters. The van der Waals surface area contributed by atoms with E-state index >= 15 is 0 Å². The summed E-state index contributed by atoms with van der Waals surface area (Å²) in [6.07, 6.45) is -1.03. The van der Waals surface area contributed by atoms with Crippen molar-refractivity contribution in [2.75, 3.05) is 11.9 Å². The molecule has 1 N–H and O–H groups in total. The fourth-order valence-electron chi connectivity index (χ4n) is 1.81. The third-order valence-electron chi connectivity index (χ3n) is 2.74. The second kappa shape index (κ2) is 6.07. The van der Waals surface area contributed by atoms with Gasteiger partial charge in [-0.05, 0) is 24.6 Å². The first kappa shape index (κ1) is 15.2. The molecule has 0 spiro atoms. The molecule has 0 bridgehead atoms. The Balaban J connectivity index is 2.49. The standard InChI is InChI=1S/C14H13F4N3/c1-2-3-20-13-12(19-4-5-21-13)9-6-10(14(16,17)18)8-11(15)7-9/h4-8H,2-3H2,1H3,(H,20,21). The summed E-state index contributed by atoms with van der Waals surface area (Å²) in [5, 5.41) is 2.96. The molecule has 0 saturated heterocycles. The Hall–Kier alpha value is -2.18. The average Bonchev–Trinajstić information content (AvgIpc) is 2.44. The lowest BCUT2D eigenvalue weighted by Crippen LogP contribution is -2.07. The van der Waals surface area contributed by atoms with E-state index in [1.165, 1.54) is 12.4 Å². The molecule has 21 heavy (non-hydrogen) atoms. The number of halogens is 4. The maximum Gasteiger partial charge on any atom is 0.416 e. The van der Waals surface area contributed by atoms with Crippen LogP contribution in [-0.4, -0.2) is 16.5 Å². The Labute approximate surface area is 119 Å². The molecule has 1 aromatic heterocycles. The van der Waals surface area contributed by atoms with E-state index in [0.29, 0.717) is 18.4 Å². The lowest BCUT2D eigenvalue weighted by atomic mass is 10.1. The van der Waals surface area contributed by atoms with Crippen molar-refractivity contribution >= 4 is 5.82 Å². The number of nitrogens with zero attached hydrogens (tertiary/aromatic N) is 2. The first-order valence-corrected chi connectivity index (χ1v) is 6.35. The van der Waals surface area contributed by atoms with Crippen molar-refractivity contribution in [3.63, 3.8) is 0 Å². The van der Waals surface area contributed by atoms with Gasteiger partial charge >= 0.3 is 6.18 Å². The number of hydrogen-bond donors (Lipinski definition) is 1. The molecule has 1 aromatic carbocycles. The molecule has 0 aliphatic carbocycles. The Bertz CT molecular complexity index is 626. The predicted octanol–water partition coefficient (Wildman–Crippen LogP) is 4.12. The SMILES string of the molecule is CCCNc1nccnc1-c1cc(F)cc(C(F)(F)F)c1. The minimum atomic E-state index is -4.62. The fraction of sp³-hybridized carbons (Fsp3) is 0.286. The van der Waals surface area contributed by atoms with Crippen LogP contribution in [0.25, 0.3) is 11.3 Å². The van der Waals surface area contributed by atoms with E-state index in [2.05, 4.69) is 15.3 Å². The third-order valence-corrected chi connectivity index (χ3v) is 2.74. The number of nitrogens with one attached hydrogen (secondary N) is 1. The minimum absolute atomic E-state index is 0.0361. The van der Waals surface area contributed by atoms with Gasteiger partial charge in [0.25, 0.3) is 0 Å². The summed E-state index contributed by atoms with van der Waals surface area (Å²) in [4.78, 5) is 8.04.